The molecule has 1 aromatic carbocycles. The first-order chi connectivity index (χ1) is 15.1. The summed E-state index contributed by atoms with van der Waals surface area (Å²) in [5, 5.41) is 7.54. The summed E-state index contributed by atoms with van der Waals surface area (Å²) in [6, 6.07) is 17.1. The molecule has 0 saturated heterocycles. The van der Waals surface area contributed by atoms with Crippen molar-refractivity contribution in [2.45, 2.75) is 6.54 Å². The summed E-state index contributed by atoms with van der Waals surface area (Å²) >= 11 is 0. The lowest BCUT2D eigenvalue weighted by Gasteiger charge is -2.10. The van der Waals surface area contributed by atoms with E-state index in [1.165, 1.54) is 16.7 Å². The van der Waals surface area contributed by atoms with Gasteiger partial charge in [-0.25, -0.2) is 14.4 Å². The lowest BCUT2D eigenvalue weighted by atomic mass is 10.2. The van der Waals surface area contributed by atoms with Crippen LogP contribution in [-0.4, -0.2) is 30.1 Å². The van der Waals surface area contributed by atoms with Gasteiger partial charge in [0.15, 0.2) is 5.65 Å². The number of nitrogens with one attached hydrogen (secondary N) is 1. The van der Waals surface area contributed by atoms with Crippen molar-refractivity contribution in [1.29, 1.82) is 0 Å². The van der Waals surface area contributed by atoms with Gasteiger partial charge in [-0.1, -0.05) is 30.3 Å². The van der Waals surface area contributed by atoms with Gasteiger partial charge in [-0.3, -0.25) is 14.2 Å². The Labute approximate surface area is 174 Å². The second-order valence-electron chi connectivity index (χ2n) is 6.84. The van der Waals surface area contributed by atoms with Crippen molar-refractivity contribution < 1.29 is 9.18 Å². The maximum atomic E-state index is 13.2. The number of nitrogens with zero attached hydrogens (tertiary/aromatic N) is 5. The van der Waals surface area contributed by atoms with Gasteiger partial charge in [-0.2, -0.15) is 9.61 Å². The predicted molar refractivity (Wildman–Crippen MR) is 113 cm³/mol. The zero-order valence-corrected chi connectivity index (χ0v) is 16.1. The van der Waals surface area contributed by atoms with E-state index in [1.807, 2.05) is 30.3 Å². The first kappa shape index (κ1) is 18.6. The molecule has 0 radical (unpaired) electrons. The van der Waals surface area contributed by atoms with Crippen LogP contribution in [0.25, 0.3) is 27.9 Å². The van der Waals surface area contributed by atoms with Crippen molar-refractivity contribution >= 4 is 28.4 Å². The normalized spacial score (nSPS) is 11.1. The fraction of sp³-hybridized carbons (Fsp3) is 0.0455. The number of anilines is 1. The second kappa shape index (κ2) is 7.45. The number of amides is 1. The minimum absolute atomic E-state index is 0.191. The Bertz CT molecular complexity index is 1480. The van der Waals surface area contributed by atoms with Crippen LogP contribution >= 0.6 is 0 Å². The van der Waals surface area contributed by atoms with E-state index in [-0.39, 0.29) is 17.9 Å². The minimum atomic E-state index is -0.509. The highest BCUT2D eigenvalue weighted by Crippen LogP contribution is 2.21. The van der Waals surface area contributed by atoms with Gasteiger partial charge in [0, 0.05) is 17.8 Å². The summed E-state index contributed by atoms with van der Waals surface area (Å²) in [4.78, 5) is 33.9. The number of halogens is 1. The fourth-order valence-electron chi connectivity index (χ4n) is 3.38. The molecule has 31 heavy (non-hydrogen) atoms. The number of benzene rings is 1. The molecule has 5 aromatic rings. The van der Waals surface area contributed by atoms with E-state index in [0.29, 0.717) is 22.4 Å². The third kappa shape index (κ3) is 3.42. The third-order valence-corrected chi connectivity index (χ3v) is 4.80. The highest BCUT2D eigenvalue weighted by molar-refractivity contribution is 5.90. The number of carbonyl (C=O) groups excluding carboxylic acids is 1. The van der Waals surface area contributed by atoms with Gasteiger partial charge in [-0.05, 0) is 24.3 Å². The third-order valence-electron chi connectivity index (χ3n) is 4.80. The molecule has 5 rings (SSSR count). The van der Waals surface area contributed by atoms with Crippen molar-refractivity contribution in [3.63, 3.8) is 0 Å². The number of pyridine rings is 2. The van der Waals surface area contributed by atoms with Gasteiger partial charge in [0.25, 0.3) is 5.56 Å². The minimum Gasteiger partial charge on any atom is -0.309 e. The molecule has 0 bridgehead atoms. The quantitative estimate of drug-likeness (QED) is 0.488. The van der Waals surface area contributed by atoms with Crippen LogP contribution in [0.1, 0.15) is 0 Å². The van der Waals surface area contributed by atoms with Crippen molar-refractivity contribution in [3.05, 3.63) is 89.2 Å². The molecule has 0 saturated carbocycles. The van der Waals surface area contributed by atoms with Gasteiger partial charge >= 0.3 is 0 Å². The average molecular weight is 414 g/mol. The molecule has 1 amide bonds. The van der Waals surface area contributed by atoms with Crippen LogP contribution < -0.4 is 10.9 Å². The van der Waals surface area contributed by atoms with Gasteiger partial charge < -0.3 is 5.32 Å². The number of hydrogen-bond acceptors (Lipinski definition) is 5. The molecular formula is C22H15FN6O2. The summed E-state index contributed by atoms with van der Waals surface area (Å²) in [7, 11) is 0. The Hall–Kier alpha value is -4.40. The maximum Gasteiger partial charge on any atom is 0.263 e. The van der Waals surface area contributed by atoms with Crippen LogP contribution in [0.4, 0.5) is 10.2 Å². The zero-order chi connectivity index (χ0) is 21.4. The lowest BCUT2D eigenvalue weighted by Crippen LogP contribution is -2.29. The summed E-state index contributed by atoms with van der Waals surface area (Å²) in [6.45, 7) is -0.272. The van der Waals surface area contributed by atoms with E-state index in [9.17, 15) is 14.0 Å². The highest BCUT2D eigenvalue weighted by Gasteiger charge is 2.17. The first-order valence-electron chi connectivity index (χ1n) is 9.44. The van der Waals surface area contributed by atoms with E-state index >= 15 is 0 Å². The first-order valence-corrected chi connectivity index (χ1v) is 9.44. The number of aromatic nitrogens is 5. The van der Waals surface area contributed by atoms with Crippen molar-refractivity contribution in [3.8, 4) is 11.3 Å². The second-order valence-corrected chi connectivity index (χ2v) is 6.84. The van der Waals surface area contributed by atoms with E-state index in [4.69, 9.17) is 0 Å². The van der Waals surface area contributed by atoms with Crippen LogP contribution in [0.15, 0.2) is 77.9 Å². The van der Waals surface area contributed by atoms with Gasteiger partial charge in [0.2, 0.25) is 5.91 Å². The van der Waals surface area contributed by atoms with Gasteiger partial charge in [-0.15, -0.1) is 0 Å². The molecule has 0 fully saturated rings. The summed E-state index contributed by atoms with van der Waals surface area (Å²) in [6.07, 6.45) is 2.59. The Balaban J connectivity index is 1.62. The SMILES string of the molecule is O=C(Cn1c(=O)c2cccnc2n2nc(-c3ccccc3)cc12)Nc1ccc(F)cn1. The van der Waals surface area contributed by atoms with E-state index in [1.54, 1.807) is 28.9 Å². The van der Waals surface area contributed by atoms with E-state index in [0.717, 1.165) is 11.8 Å². The Kier molecular flexibility index (Phi) is 4.47. The Morgan fingerprint density at radius 2 is 1.87 bits per heavy atom. The van der Waals surface area contributed by atoms with Crippen molar-refractivity contribution in [2.24, 2.45) is 0 Å². The number of hydrogen-bond donors (Lipinski definition) is 1. The standard InChI is InChI=1S/C22H15FN6O2/c23-15-8-9-18(25-12-15)26-19(30)13-28-20-11-17(14-5-2-1-3-6-14)27-29(20)21-16(22(28)31)7-4-10-24-21/h1-12H,13H2,(H,25,26,30). The summed E-state index contributed by atoms with van der Waals surface area (Å²) in [5.74, 6) is -0.795. The predicted octanol–water partition coefficient (Wildman–Crippen LogP) is 2.88. The molecule has 4 heterocycles. The lowest BCUT2D eigenvalue weighted by molar-refractivity contribution is -0.116. The molecule has 0 unspecified atom stereocenters. The zero-order valence-electron chi connectivity index (χ0n) is 16.1. The fourth-order valence-corrected chi connectivity index (χ4v) is 3.38. The molecule has 0 aliphatic rings. The van der Waals surface area contributed by atoms with Crippen molar-refractivity contribution in [1.82, 2.24) is 24.1 Å². The molecular weight excluding hydrogens is 399 g/mol. The Morgan fingerprint density at radius 3 is 2.65 bits per heavy atom. The topological polar surface area (TPSA) is 94.2 Å². The number of fused-ring (bicyclic) bond motifs is 3. The largest absolute Gasteiger partial charge is 0.309 e. The Morgan fingerprint density at radius 1 is 1.03 bits per heavy atom. The smallest absolute Gasteiger partial charge is 0.263 e. The summed E-state index contributed by atoms with van der Waals surface area (Å²) in [5.41, 5.74) is 1.98. The number of rotatable bonds is 4. The number of carbonyl (C=O) groups is 1. The molecule has 0 spiro atoms. The molecule has 0 aliphatic heterocycles. The van der Waals surface area contributed by atoms with Gasteiger partial charge in [0.1, 0.15) is 23.8 Å². The monoisotopic (exact) mass is 414 g/mol. The maximum absolute atomic E-state index is 13.2. The molecule has 4 aromatic heterocycles. The van der Waals surface area contributed by atoms with E-state index in [2.05, 4.69) is 20.4 Å². The van der Waals surface area contributed by atoms with Crippen LogP contribution in [-0.2, 0) is 11.3 Å². The molecule has 1 N–H and O–H groups in total. The average Bonchev–Trinajstić information content (AvgIpc) is 3.24. The van der Waals surface area contributed by atoms with Gasteiger partial charge in [0.05, 0.1) is 17.3 Å². The van der Waals surface area contributed by atoms with Crippen LogP contribution in [0.3, 0.4) is 0 Å². The molecule has 0 atom stereocenters. The highest BCUT2D eigenvalue weighted by atomic mass is 19.1. The molecule has 9 heteroatoms. The van der Waals surface area contributed by atoms with E-state index < -0.39 is 11.7 Å². The molecule has 152 valence electrons. The summed E-state index contributed by atoms with van der Waals surface area (Å²) < 4.78 is 15.9. The van der Waals surface area contributed by atoms with Crippen LogP contribution in [0.2, 0.25) is 0 Å². The van der Waals surface area contributed by atoms with Crippen LogP contribution in [0, 0.1) is 5.82 Å². The van der Waals surface area contributed by atoms with Crippen LogP contribution in [0.5, 0.6) is 0 Å². The molecule has 8 nitrogen and oxygen atoms in total. The molecule has 0 aliphatic carbocycles. The van der Waals surface area contributed by atoms with Crippen molar-refractivity contribution in [2.75, 3.05) is 5.32 Å².